The Balaban J connectivity index is 0.000000807. The molecule has 1 atom stereocenters. The number of hydrogen-bond acceptors (Lipinski definition) is 0. The Bertz CT molecular complexity index is 686. The fourth-order valence-electron chi connectivity index (χ4n) is 3.35. The van der Waals surface area contributed by atoms with Crippen LogP contribution >= 0.6 is 0 Å². The van der Waals surface area contributed by atoms with Crippen LogP contribution in [0.15, 0.2) is 65.8 Å². The van der Waals surface area contributed by atoms with Crippen molar-refractivity contribution in [2.24, 2.45) is 0 Å². The third-order valence-electron chi connectivity index (χ3n) is 4.18. The van der Waals surface area contributed by atoms with Gasteiger partial charge in [-0.15, -0.1) is 11.1 Å². The fraction of sp³-hybridized carbons (Fsp3) is 0.158. The van der Waals surface area contributed by atoms with Gasteiger partial charge in [0.15, 0.2) is 0 Å². The third kappa shape index (κ3) is 3.04. The van der Waals surface area contributed by atoms with Crippen molar-refractivity contribution in [3.8, 4) is 11.1 Å². The van der Waals surface area contributed by atoms with E-state index in [0.29, 0.717) is 5.92 Å². The summed E-state index contributed by atoms with van der Waals surface area (Å²) >= 11 is 0. The second-order valence-corrected chi connectivity index (χ2v) is 5.39. The molecule has 1 radical (unpaired) electrons. The van der Waals surface area contributed by atoms with E-state index in [0.717, 1.165) is 6.42 Å². The molecule has 0 amide bonds. The minimum absolute atomic E-state index is 0. The molecule has 2 aliphatic rings. The number of benzene rings is 2. The van der Waals surface area contributed by atoms with Gasteiger partial charge in [-0.2, -0.15) is 24.3 Å². The number of allylic oxidation sites excluding steroid dienone is 4. The van der Waals surface area contributed by atoms with Crippen molar-refractivity contribution in [2.75, 3.05) is 0 Å². The normalized spacial score (nSPS) is 17.0. The van der Waals surface area contributed by atoms with Gasteiger partial charge in [-0.05, 0) is 18.9 Å². The van der Waals surface area contributed by atoms with Crippen molar-refractivity contribution in [3.05, 3.63) is 83.0 Å². The van der Waals surface area contributed by atoms with Crippen molar-refractivity contribution >= 4 is 0 Å². The molecule has 0 heterocycles. The van der Waals surface area contributed by atoms with Gasteiger partial charge >= 0.3 is 26.2 Å². The minimum atomic E-state index is 0. The Morgan fingerprint density at radius 3 is 2.45 bits per heavy atom. The summed E-state index contributed by atoms with van der Waals surface area (Å²) in [6.07, 6.45) is 5.74. The van der Waals surface area contributed by atoms with Gasteiger partial charge < -0.3 is 24.8 Å². The standard InChI is InChI=1S/C19H15.2ClH.Zr/c1-13-10-11-14(12-13)19-17-8-4-2-6-15(17)16-7-3-5-9-18(16)19;;;/h2-8,10,12,19H,11H2,1H3;2*1H;/q-1;;;+3/p-2. The Morgan fingerprint density at radius 2 is 1.73 bits per heavy atom. The van der Waals surface area contributed by atoms with E-state index in [9.17, 15) is 0 Å². The van der Waals surface area contributed by atoms with Gasteiger partial charge in [-0.25, -0.2) is 0 Å². The van der Waals surface area contributed by atoms with Crippen molar-refractivity contribution in [1.29, 1.82) is 0 Å². The Labute approximate surface area is 163 Å². The van der Waals surface area contributed by atoms with E-state index >= 15 is 0 Å². The average Bonchev–Trinajstić information content (AvgIpc) is 3.00. The van der Waals surface area contributed by atoms with Crippen LogP contribution in [-0.2, 0) is 26.2 Å². The van der Waals surface area contributed by atoms with Gasteiger partial charge in [0.25, 0.3) is 0 Å². The van der Waals surface area contributed by atoms with E-state index in [4.69, 9.17) is 0 Å². The molecule has 0 aliphatic heterocycles. The van der Waals surface area contributed by atoms with E-state index in [1.807, 2.05) is 6.07 Å². The number of hydrogen-bond donors (Lipinski definition) is 0. The zero-order valence-corrected chi connectivity index (χ0v) is 16.2. The summed E-state index contributed by atoms with van der Waals surface area (Å²) < 4.78 is 0. The molecule has 0 fully saturated rings. The van der Waals surface area contributed by atoms with Crippen LogP contribution in [0.1, 0.15) is 30.4 Å². The van der Waals surface area contributed by atoms with Crippen LogP contribution in [0.25, 0.3) is 11.1 Å². The molecule has 0 nitrogen and oxygen atoms in total. The summed E-state index contributed by atoms with van der Waals surface area (Å²) in [5.74, 6) is 0.404. The van der Waals surface area contributed by atoms with Crippen LogP contribution in [0.4, 0.5) is 0 Å². The molecule has 109 valence electrons. The SMILES string of the molecule is CC1=CCC(C2c3[c-]cccc3-c3ccccc32)=C1.[Cl-].[Cl-].[Zr+3]. The molecule has 2 aromatic carbocycles. The number of fused-ring (bicyclic) bond motifs is 3. The molecular weight excluding hydrogens is 390 g/mol. The van der Waals surface area contributed by atoms with E-state index in [-0.39, 0.29) is 51.0 Å². The molecular formula is C19H15Cl2Zr. The maximum atomic E-state index is 3.47. The van der Waals surface area contributed by atoms with Crippen molar-refractivity contribution in [2.45, 2.75) is 19.3 Å². The summed E-state index contributed by atoms with van der Waals surface area (Å²) in [7, 11) is 0. The predicted octanol–water partition coefficient (Wildman–Crippen LogP) is -1.12. The zero-order chi connectivity index (χ0) is 12.8. The summed E-state index contributed by atoms with van der Waals surface area (Å²) in [6.45, 7) is 2.18. The molecule has 0 saturated heterocycles. The molecule has 1 unspecified atom stereocenters. The van der Waals surface area contributed by atoms with E-state index in [2.05, 4.69) is 61.5 Å². The molecule has 0 spiro atoms. The summed E-state index contributed by atoms with van der Waals surface area (Å²) in [5, 5.41) is 0. The van der Waals surface area contributed by atoms with Gasteiger partial charge in [-0.3, -0.25) is 0 Å². The van der Waals surface area contributed by atoms with Gasteiger partial charge in [0.05, 0.1) is 0 Å². The maximum Gasteiger partial charge on any atom is 3.00 e. The number of rotatable bonds is 1. The monoisotopic (exact) mass is 403 g/mol. The second kappa shape index (κ2) is 7.78. The summed E-state index contributed by atoms with van der Waals surface area (Å²) in [6, 6.07) is 18.6. The number of halogens is 2. The minimum Gasteiger partial charge on any atom is -1.00 e. The van der Waals surface area contributed by atoms with Crippen LogP contribution in [0.3, 0.4) is 0 Å². The van der Waals surface area contributed by atoms with Gasteiger partial charge in [-0.1, -0.05) is 53.1 Å². The average molecular weight is 405 g/mol. The van der Waals surface area contributed by atoms with Crippen LogP contribution in [0.2, 0.25) is 0 Å². The first kappa shape index (κ1) is 19.4. The van der Waals surface area contributed by atoms with Crippen LogP contribution < -0.4 is 24.8 Å². The van der Waals surface area contributed by atoms with Crippen LogP contribution in [0.5, 0.6) is 0 Å². The molecule has 0 saturated carbocycles. The zero-order valence-electron chi connectivity index (χ0n) is 12.2. The molecule has 4 rings (SSSR count). The van der Waals surface area contributed by atoms with Crippen LogP contribution in [-0.4, -0.2) is 0 Å². The maximum absolute atomic E-state index is 3.47. The van der Waals surface area contributed by atoms with E-state index in [1.54, 1.807) is 0 Å². The third-order valence-corrected chi connectivity index (χ3v) is 4.18. The van der Waals surface area contributed by atoms with E-state index < -0.39 is 0 Å². The molecule has 0 aromatic heterocycles. The second-order valence-electron chi connectivity index (χ2n) is 5.39. The quantitative estimate of drug-likeness (QED) is 0.528. The van der Waals surface area contributed by atoms with Gasteiger partial charge in [0.1, 0.15) is 0 Å². The Morgan fingerprint density at radius 1 is 1.00 bits per heavy atom. The van der Waals surface area contributed by atoms with Gasteiger partial charge in [0, 0.05) is 5.92 Å². The predicted molar refractivity (Wildman–Crippen MR) is 79.0 cm³/mol. The molecule has 3 heteroatoms. The summed E-state index contributed by atoms with van der Waals surface area (Å²) in [5.41, 5.74) is 8.41. The summed E-state index contributed by atoms with van der Waals surface area (Å²) in [4.78, 5) is 0. The first-order valence-corrected chi connectivity index (χ1v) is 6.82. The molecule has 2 aliphatic carbocycles. The largest absolute Gasteiger partial charge is 3.00 e. The Hall–Kier alpha value is -0.617. The first-order chi connectivity index (χ1) is 9.34. The first-order valence-electron chi connectivity index (χ1n) is 6.82. The van der Waals surface area contributed by atoms with Gasteiger partial charge in [0.2, 0.25) is 0 Å². The molecule has 22 heavy (non-hydrogen) atoms. The fourth-order valence-corrected chi connectivity index (χ4v) is 3.35. The molecule has 2 aromatic rings. The topological polar surface area (TPSA) is 0 Å². The van der Waals surface area contributed by atoms with Crippen LogP contribution in [0, 0.1) is 6.07 Å². The van der Waals surface area contributed by atoms with Crippen molar-refractivity contribution in [1.82, 2.24) is 0 Å². The van der Waals surface area contributed by atoms with E-state index in [1.165, 1.54) is 33.4 Å². The molecule has 0 N–H and O–H groups in total. The molecule has 0 bridgehead atoms. The van der Waals surface area contributed by atoms with Crippen molar-refractivity contribution < 1.29 is 51.0 Å². The van der Waals surface area contributed by atoms with Crippen molar-refractivity contribution in [3.63, 3.8) is 0 Å². The Kier molecular flexibility index (Phi) is 6.87. The smallest absolute Gasteiger partial charge is 1.00 e.